The lowest BCUT2D eigenvalue weighted by molar-refractivity contribution is -0.125. The molecule has 8 nitrogen and oxygen atoms in total. The van der Waals surface area contributed by atoms with Crippen molar-refractivity contribution in [3.63, 3.8) is 0 Å². The third-order valence-corrected chi connectivity index (χ3v) is 5.21. The summed E-state index contributed by atoms with van der Waals surface area (Å²) in [4.78, 5) is 38.4. The number of carbonyl (C=O) groups is 2. The molecule has 0 aliphatic carbocycles. The van der Waals surface area contributed by atoms with Crippen molar-refractivity contribution in [3.8, 4) is 16.6 Å². The summed E-state index contributed by atoms with van der Waals surface area (Å²) >= 11 is 1.22. The molecule has 0 saturated carbocycles. The first-order chi connectivity index (χ1) is 15.6. The van der Waals surface area contributed by atoms with E-state index in [4.69, 9.17) is 9.47 Å². The Morgan fingerprint density at radius 2 is 1.78 bits per heavy atom. The third kappa shape index (κ3) is 4.96. The van der Waals surface area contributed by atoms with Crippen LogP contribution in [0.5, 0.6) is 5.75 Å². The Bertz CT molecular complexity index is 1210. The number of benzene rings is 2. The van der Waals surface area contributed by atoms with Crippen LogP contribution in [-0.2, 0) is 9.53 Å². The number of hydrogen-bond acceptors (Lipinski definition) is 8. The Morgan fingerprint density at radius 1 is 1.00 bits per heavy atom. The molecule has 1 amide bonds. The molecule has 32 heavy (non-hydrogen) atoms. The Kier molecular flexibility index (Phi) is 6.47. The first-order valence-electron chi connectivity index (χ1n) is 9.58. The van der Waals surface area contributed by atoms with Gasteiger partial charge in [0.05, 0.1) is 7.11 Å². The molecule has 0 fully saturated rings. The number of nitrogens with zero attached hydrogens (tertiary/aromatic N) is 3. The van der Waals surface area contributed by atoms with Crippen LogP contribution in [0.15, 0.2) is 78.4 Å². The Balaban J connectivity index is 1.55. The molecule has 1 unspecified atom stereocenters. The molecule has 0 saturated heterocycles. The van der Waals surface area contributed by atoms with Gasteiger partial charge >= 0.3 is 5.97 Å². The second kappa shape index (κ2) is 9.80. The van der Waals surface area contributed by atoms with Crippen LogP contribution in [-0.4, -0.2) is 33.9 Å². The molecule has 2 aromatic heterocycles. The first-order valence-corrected chi connectivity index (χ1v) is 10.5. The monoisotopic (exact) mass is 446 g/mol. The van der Waals surface area contributed by atoms with Crippen molar-refractivity contribution in [2.24, 2.45) is 0 Å². The van der Waals surface area contributed by atoms with E-state index in [9.17, 15) is 9.59 Å². The molecular formula is C23H18N4O4S. The minimum absolute atomic E-state index is 0.0764. The van der Waals surface area contributed by atoms with Gasteiger partial charge in [-0.1, -0.05) is 36.4 Å². The normalized spacial score (nSPS) is 11.4. The van der Waals surface area contributed by atoms with Crippen molar-refractivity contribution in [3.05, 3.63) is 89.7 Å². The van der Waals surface area contributed by atoms with E-state index in [1.165, 1.54) is 18.4 Å². The van der Waals surface area contributed by atoms with Gasteiger partial charge in [0.25, 0.3) is 5.91 Å². The van der Waals surface area contributed by atoms with Gasteiger partial charge in [-0.05, 0) is 18.2 Å². The summed E-state index contributed by atoms with van der Waals surface area (Å²) in [6.45, 7) is 0. The summed E-state index contributed by atoms with van der Waals surface area (Å²) < 4.78 is 10.8. The zero-order chi connectivity index (χ0) is 22.3. The molecule has 0 bridgehead atoms. The van der Waals surface area contributed by atoms with Gasteiger partial charge in [0, 0.05) is 35.1 Å². The molecule has 0 spiro atoms. The van der Waals surface area contributed by atoms with Gasteiger partial charge in [-0.25, -0.2) is 19.7 Å². The average Bonchev–Trinajstić information content (AvgIpc) is 3.34. The van der Waals surface area contributed by atoms with Crippen LogP contribution in [0, 0.1) is 0 Å². The van der Waals surface area contributed by atoms with Crippen LogP contribution in [0.3, 0.4) is 0 Å². The Hall–Kier alpha value is -4.11. The third-order valence-electron chi connectivity index (χ3n) is 4.37. The van der Waals surface area contributed by atoms with Crippen molar-refractivity contribution in [1.82, 2.24) is 15.0 Å². The number of ether oxygens (including phenoxy) is 2. The molecule has 0 aliphatic heterocycles. The van der Waals surface area contributed by atoms with Crippen molar-refractivity contribution in [2.45, 2.75) is 6.10 Å². The average molecular weight is 446 g/mol. The minimum atomic E-state index is -1.17. The number of aromatic nitrogens is 3. The van der Waals surface area contributed by atoms with Gasteiger partial charge in [-0.15, -0.1) is 11.3 Å². The van der Waals surface area contributed by atoms with E-state index in [0.29, 0.717) is 27.8 Å². The molecule has 9 heteroatoms. The van der Waals surface area contributed by atoms with Crippen molar-refractivity contribution in [2.75, 3.05) is 12.4 Å². The predicted octanol–water partition coefficient (Wildman–Crippen LogP) is 4.15. The number of amides is 1. The van der Waals surface area contributed by atoms with Crippen molar-refractivity contribution < 1.29 is 19.1 Å². The zero-order valence-electron chi connectivity index (χ0n) is 17.0. The fraction of sp³-hybridized carbons (Fsp3) is 0.0870. The van der Waals surface area contributed by atoms with Gasteiger partial charge in [0.1, 0.15) is 5.75 Å². The van der Waals surface area contributed by atoms with Crippen LogP contribution in [0.4, 0.5) is 5.69 Å². The molecule has 0 aliphatic rings. The summed E-state index contributed by atoms with van der Waals surface area (Å²) in [5.41, 5.74) is 1.12. The number of thiazole rings is 1. The van der Waals surface area contributed by atoms with Crippen LogP contribution in [0.25, 0.3) is 10.8 Å². The maximum atomic E-state index is 13.0. The van der Waals surface area contributed by atoms with E-state index >= 15 is 0 Å². The molecule has 2 aromatic carbocycles. The summed E-state index contributed by atoms with van der Waals surface area (Å²) in [6, 6.07) is 17.4. The van der Waals surface area contributed by atoms with Gasteiger partial charge in [0.15, 0.2) is 16.5 Å². The quantitative estimate of drug-likeness (QED) is 0.426. The second-order valence-electron chi connectivity index (χ2n) is 6.53. The summed E-state index contributed by atoms with van der Waals surface area (Å²) in [5, 5.41) is 4.80. The maximum absolute atomic E-state index is 13.0. The van der Waals surface area contributed by atoms with Gasteiger partial charge in [-0.3, -0.25) is 4.79 Å². The first kappa shape index (κ1) is 21.1. The van der Waals surface area contributed by atoms with Crippen LogP contribution in [0.2, 0.25) is 0 Å². The number of carbonyl (C=O) groups excluding carboxylic acids is 2. The minimum Gasteiger partial charge on any atom is -0.497 e. The molecule has 1 N–H and O–H groups in total. The lowest BCUT2D eigenvalue weighted by Gasteiger charge is -2.18. The van der Waals surface area contributed by atoms with Crippen molar-refractivity contribution in [1.29, 1.82) is 0 Å². The second-order valence-corrected chi connectivity index (χ2v) is 7.39. The van der Waals surface area contributed by atoms with E-state index in [1.54, 1.807) is 72.4 Å². The number of esters is 1. The highest BCUT2D eigenvalue weighted by atomic mass is 32.1. The van der Waals surface area contributed by atoms with Crippen LogP contribution in [0.1, 0.15) is 22.2 Å². The molecule has 1 atom stereocenters. The number of anilines is 1. The lowest BCUT2D eigenvalue weighted by atomic mass is 10.1. The topological polar surface area (TPSA) is 103 Å². The van der Waals surface area contributed by atoms with Crippen LogP contribution >= 0.6 is 11.3 Å². The zero-order valence-corrected chi connectivity index (χ0v) is 17.8. The molecular weight excluding hydrogens is 428 g/mol. The molecule has 4 aromatic rings. The van der Waals surface area contributed by atoms with Gasteiger partial charge in [-0.2, -0.15) is 0 Å². The van der Waals surface area contributed by atoms with Gasteiger partial charge < -0.3 is 14.8 Å². The Morgan fingerprint density at radius 3 is 2.53 bits per heavy atom. The fourth-order valence-electron chi connectivity index (χ4n) is 2.86. The highest BCUT2D eigenvalue weighted by Gasteiger charge is 2.27. The van der Waals surface area contributed by atoms with E-state index in [2.05, 4.69) is 20.3 Å². The van der Waals surface area contributed by atoms with Crippen molar-refractivity contribution >= 4 is 28.9 Å². The van der Waals surface area contributed by atoms with Gasteiger partial charge in [0.2, 0.25) is 6.10 Å². The SMILES string of the molecule is COc1cccc(NC(=O)C(OC(=O)c2csc(-c3ncccn3)n2)c2ccccc2)c1. The maximum Gasteiger partial charge on any atom is 0.358 e. The predicted molar refractivity (Wildman–Crippen MR) is 119 cm³/mol. The Labute approximate surface area is 187 Å². The van der Waals surface area contributed by atoms with E-state index in [0.717, 1.165) is 0 Å². The summed E-state index contributed by atoms with van der Waals surface area (Å²) in [7, 11) is 1.54. The van der Waals surface area contributed by atoms with E-state index in [1.807, 2.05) is 6.07 Å². The summed E-state index contributed by atoms with van der Waals surface area (Å²) in [5.74, 6) is -0.223. The fourth-order valence-corrected chi connectivity index (χ4v) is 3.59. The lowest BCUT2D eigenvalue weighted by Crippen LogP contribution is -2.26. The van der Waals surface area contributed by atoms with E-state index in [-0.39, 0.29) is 5.69 Å². The van der Waals surface area contributed by atoms with Crippen LogP contribution < -0.4 is 10.1 Å². The van der Waals surface area contributed by atoms with E-state index < -0.39 is 18.0 Å². The smallest absolute Gasteiger partial charge is 0.358 e. The largest absolute Gasteiger partial charge is 0.497 e. The summed E-state index contributed by atoms with van der Waals surface area (Å²) in [6.07, 6.45) is 2.01. The highest BCUT2D eigenvalue weighted by molar-refractivity contribution is 7.13. The molecule has 0 radical (unpaired) electrons. The standard InChI is InChI=1S/C23H18N4O4S/c1-30-17-10-5-9-16(13-17)26-21(28)19(15-7-3-2-4-8-15)31-23(29)18-14-32-22(27-18)20-24-11-6-12-25-20/h2-14,19H,1H3,(H,26,28). The number of hydrogen-bond donors (Lipinski definition) is 1. The highest BCUT2D eigenvalue weighted by Crippen LogP contribution is 2.25. The number of methoxy groups -OCH3 is 1. The molecule has 2 heterocycles. The number of rotatable bonds is 7. The number of nitrogens with one attached hydrogen (secondary N) is 1. The molecule has 160 valence electrons. The molecule has 4 rings (SSSR count).